The molecule has 0 aliphatic heterocycles. The molecule has 0 saturated carbocycles. The molecule has 0 aromatic carbocycles. The Hall–Kier alpha value is -0.590. The highest BCUT2D eigenvalue weighted by atomic mass is 15.1. The molecule has 1 unspecified atom stereocenters. The van der Waals surface area contributed by atoms with Gasteiger partial charge in [-0.3, -0.25) is 0 Å². The highest BCUT2D eigenvalue weighted by molar-refractivity contribution is 4.89. The Kier molecular flexibility index (Phi) is 10.0. The lowest BCUT2D eigenvalue weighted by Gasteiger charge is -2.25. The van der Waals surface area contributed by atoms with Crippen LogP contribution in [0.3, 0.4) is 0 Å². The molecule has 3 heteroatoms. The molecule has 0 aromatic rings. The summed E-state index contributed by atoms with van der Waals surface area (Å²) in [6, 6.07) is 2.29. The van der Waals surface area contributed by atoms with E-state index in [0.717, 1.165) is 37.9 Å². The lowest BCUT2D eigenvalue weighted by Crippen LogP contribution is -2.33. The van der Waals surface area contributed by atoms with Gasteiger partial charge in [0.05, 0.1) is 12.1 Å². The summed E-state index contributed by atoms with van der Waals surface area (Å²) in [6.07, 6.45) is 3.41. The van der Waals surface area contributed by atoms with Crippen LogP contribution >= 0.6 is 0 Å². The molecule has 0 radical (unpaired) electrons. The van der Waals surface area contributed by atoms with Gasteiger partial charge < -0.3 is 10.2 Å². The average Bonchev–Trinajstić information content (AvgIpc) is 2.32. The van der Waals surface area contributed by atoms with E-state index in [1.54, 1.807) is 0 Å². The molecule has 0 spiro atoms. The number of nitrogens with one attached hydrogen (secondary N) is 1. The van der Waals surface area contributed by atoms with Crippen LogP contribution in [0.25, 0.3) is 0 Å². The van der Waals surface area contributed by atoms with E-state index in [4.69, 9.17) is 5.26 Å². The van der Waals surface area contributed by atoms with Crippen LogP contribution in [0.1, 0.15) is 47.0 Å². The van der Waals surface area contributed by atoms with E-state index in [2.05, 4.69) is 44.0 Å². The number of hydrogen-bond donors (Lipinski definition) is 1. The highest BCUT2D eigenvalue weighted by Crippen LogP contribution is 2.07. The lowest BCUT2D eigenvalue weighted by molar-refractivity contribution is 0.236. The van der Waals surface area contributed by atoms with Crippen molar-refractivity contribution in [1.82, 2.24) is 10.2 Å². The fourth-order valence-electron chi connectivity index (χ4n) is 1.80. The summed E-state index contributed by atoms with van der Waals surface area (Å²) < 4.78 is 0. The maximum absolute atomic E-state index is 8.94. The zero-order chi connectivity index (χ0) is 14.0. The zero-order valence-electron chi connectivity index (χ0n) is 12.9. The van der Waals surface area contributed by atoms with Crippen molar-refractivity contribution in [2.75, 3.05) is 26.7 Å². The molecule has 1 atom stereocenters. The normalized spacial score (nSPS) is 13.3. The molecule has 0 bridgehead atoms. The molecule has 0 aliphatic carbocycles. The van der Waals surface area contributed by atoms with Gasteiger partial charge in [0, 0.05) is 6.54 Å². The van der Waals surface area contributed by atoms with E-state index in [0.29, 0.717) is 0 Å². The van der Waals surface area contributed by atoms with Crippen LogP contribution in [-0.4, -0.2) is 37.6 Å². The van der Waals surface area contributed by atoms with Crippen molar-refractivity contribution >= 4 is 0 Å². The van der Waals surface area contributed by atoms with E-state index in [1.807, 2.05) is 7.05 Å². The predicted octanol–water partition coefficient (Wildman–Crippen LogP) is 2.88. The first-order valence-electron chi connectivity index (χ1n) is 7.28. The molecular formula is C15H31N3. The summed E-state index contributed by atoms with van der Waals surface area (Å²) in [7, 11) is 1.86. The van der Waals surface area contributed by atoms with E-state index in [9.17, 15) is 0 Å². The van der Waals surface area contributed by atoms with Gasteiger partial charge >= 0.3 is 0 Å². The zero-order valence-corrected chi connectivity index (χ0v) is 12.9. The molecule has 1 N–H and O–H groups in total. The number of nitrogens with zero attached hydrogens (tertiary/aromatic N) is 2. The first-order valence-corrected chi connectivity index (χ1v) is 7.28. The van der Waals surface area contributed by atoms with Gasteiger partial charge in [-0.15, -0.1) is 0 Å². The summed E-state index contributed by atoms with van der Waals surface area (Å²) >= 11 is 0. The Morgan fingerprint density at radius 1 is 0.944 bits per heavy atom. The summed E-state index contributed by atoms with van der Waals surface area (Å²) in [5.41, 5.74) is 0. The third-order valence-corrected chi connectivity index (χ3v) is 3.28. The maximum atomic E-state index is 8.94. The second-order valence-electron chi connectivity index (χ2n) is 5.97. The van der Waals surface area contributed by atoms with Gasteiger partial charge in [-0.2, -0.15) is 5.26 Å². The maximum Gasteiger partial charge on any atom is 0.0962 e. The standard InChI is InChI=1S/C15H31N3/c1-13(2)6-9-18(10-7-14(3)4)11-8-15(12-16)17-5/h13-15,17H,6-11H2,1-5H3. The molecule has 0 saturated heterocycles. The van der Waals surface area contributed by atoms with Gasteiger partial charge in [-0.1, -0.05) is 27.7 Å². The van der Waals surface area contributed by atoms with Crippen LogP contribution in [0, 0.1) is 23.2 Å². The Balaban J connectivity index is 4.07. The van der Waals surface area contributed by atoms with E-state index < -0.39 is 0 Å². The summed E-state index contributed by atoms with van der Waals surface area (Å²) in [5, 5.41) is 12.0. The van der Waals surface area contributed by atoms with Gasteiger partial charge in [0.25, 0.3) is 0 Å². The van der Waals surface area contributed by atoms with Gasteiger partial charge in [0.2, 0.25) is 0 Å². The smallest absolute Gasteiger partial charge is 0.0962 e. The Labute approximate surface area is 114 Å². The monoisotopic (exact) mass is 253 g/mol. The largest absolute Gasteiger partial charge is 0.305 e. The third kappa shape index (κ3) is 9.44. The minimum absolute atomic E-state index is 0.00870. The summed E-state index contributed by atoms with van der Waals surface area (Å²) in [4.78, 5) is 2.52. The van der Waals surface area contributed by atoms with E-state index >= 15 is 0 Å². The topological polar surface area (TPSA) is 39.1 Å². The molecule has 0 heterocycles. The minimum Gasteiger partial charge on any atom is -0.305 e. The second-order valence-corrected chi connectivity index (χ2v) is 5.97. The number of nitriles is 1. The Morgan fingerprint density at radius 3 is 1.72 bits per heavy atom. The molecule has 0 amide bonds. The van der Waals surface area contributed by atoms with Crippen molar-refractivity contribution in [3.05, 3.63) is 0 Å². The van der Waals surface area contributed by atoms with Crippen molar-refractivity contribution in [2.24, 2.45) is 11.8 Å². The molecule has 0 aromatic heterocycles. The van der Waals surface area contributed by atoms with Crippen molar-refractivity contribution in [3.63, 3.8) is 0 Å². The fraction of sp³-hybridized carbons (Fsp3) is 0.933. The van der Waals surface area contributed by atoms with Crippen molar-refractivity contribution < 1.29 is 0 Å². The third-order valence-electron chi connectivity index (χ3n) is 3.28. The summed E-state index contributed by atoms with van der Waals surface area (Å²) in [5.74, 6) is 1.50. The van der Waals surface area contributed by atoms with E-state index in [1.165, 1.54) is 12.8 Å². The Bertz CT molecular complexity index is 218. The number of hydrogen-bond acceptors (Lipinski definition) is 3. The highest BCUT2D eigenvalue weighted by Gasteiger charge is 2.10. The van der Waals surface area contributed by atoms with Gasteiger partial charge in [0.1, 0.15) is 0 Å². The number of rotatable bonds is 10. The molecule has 106 valence electrons. The SMILES string of the molecule is CNC(C#N)CCN(CCC(C)C)CCC(C)C. The second kappa shape index (κ2) is 10.3. The van der Waals surface area contributed by atoms with Crippen molar-refractivity contribution in [2.45, 2.75) is 53.0 Å². The van der Waals surface area contributed by atoms with Crippen LogP contribution in [-0.2, 0) is 0 Å². The van der Waals surface area contributed by atoms with Crippen LogP contribution < -0.4 is 5.32 Å². The first-order chi connectivity index (χ1) is 8.49. The molecule has 18 heavy (non-hydrogen) atoms. The van der Waals surface area contributed by atoms with Crippen LogP contribution in [0.5, 0.6) is 0 Å². The minimum atomic E-state index is -0.00870. The summed E-state index contributed by atoms with van der Waals surface area (Å²) in [6.45, 7) is 12.4. The molecular weight excluding hydrogens is 222 g/mol. The van der Waals surface area contributed by atoms with Crippen molar-refractivity contribution in [3.8, 4) is 6.07 Å². The van der Waals surface area contributed by atoms with Crippen LogP contribution in [0.2, 0.25) is 0 Å². The van der Waals surface area contributed by atoms with Crippen molar-refractivity contribution in [1.29, 1.82) is 5.26 Å². The van der Waals surface area contributed by atoms with Gasteiger partial charge in [-0.25, -0.2) is 0 Å². The Morgan fingerprint density at radius 2 is 1.39 bits per heavy atom. The molecule has 0 aliphatic rings. The lowest BCUT2D eigenvalue weighted by atomic mass is 10.1. The van der Waals surface area contributed by atoms with Gasteiger partial charge in [0.15, 0.2) is 0 Å². The van der Waals surface area contributed by atoms with Crippen LogP contribution in [0.4, 0.5) is 0 Å². The molecule has 3 nitrogen and oxygen atoms in total. The molecule has 0 rings (SSSR count). The van der Waals surface area contributed by atoms with E-state index in [-0.39, 0.29) is 6.04 Å². The van der Waals surface area contributed by atoms with Gasteiger partial charge in [-0.05, 0) is 51.2 Å². The average molecular weight is 253 g/mol. The first kappa shape index (κ1) is 17.4. The fourth-order valence-corrected chi connectivity index (χ4v) is 1.80. The molecule has 0 fully saturated rings. The quantitative estimate of drug-likeness (QED) is 0.650. The van der Waals surface area contributed by atoms with Crippen LogP contribution in [0.15, 0.2) is 0 Å². The predicted molar refractivity (Wildman–Crippen MR) is 78.4 cm³/mol.